The summed E-state index contributed by atoms with van der Waals surface area (Å²) in [4.78, 5) is 30.1. The normalized spacial score (nSPS) is 19.5. The molecule has 0 bridgehead atoms. The van der Waals surface area contributed by atoms with E-state index in [-0.39, 0.29) is 23.9 Å². The predicted octanol–water partition coefficient (Wildman–Crippen LogP) is 4.87. The molecule has 2 aliphatic heterocycles. The summed E-state index contributed by atoms with van der Waals surface area (Å²) in [7, 11) is 0. The van der Waals surface area contributed by atoms with Crippen LogP contribution in [0.4, 0.5) is 11.4 Å². The fourth-order valence-corrected chi connectivity index (χ4v) is 4.78. The van der Waals surface area contributed by atoms with Gasteiger partial charge in [0.15, 0.2) is 0 Å². The molecule has 0 aliphatic carbocycles. The molecular formula is C26H24N2O2. The summed E-state index contributed by atoms with van der Waals surface area (Å²) in [5.41, 5.74) is 5.57. The van der Waals surface area contributed by atoms with E-state index in [2.05, 4.69) is 26.0 Å². The first-order chi connectivity index (χ1) is 14.5. The molecule has 4 nitrogen and oxygen atoms in total. The molecule has 0 spiro atoms. The Hall–Kier alpha value is -3.40. The lowest BCUT2D eigenvalue weighted by Gasteiger charge is -2.24. The minimum atomic E-state index is -0.0219. The molecular weight excluding hydrogens is 372 g/mol. The highest BCUT2D eigenvalue weighted by Gasteiger charge is 2.33. The first kappa shape index (κ1) is 18.6. The minimum absolute atomic E-state index is 0.0219. The number of fused-ring (bicyclic) bond motifs is 2. The molecule has 2 atom stereocenters. The fraction of sp³-hybridized carbons (Fsp3) is 0.231. The van der Waals surface area contributed by atoms with Crippen LogP contribution in [0.15, 0.2) is 72.8 Å². The number of anilines is 2. The van der Waals surface area contributed by atoms with Gasteiger partial charge in [0, 0.05) is 34.6 Å². The largest absolute Gasteiger partial charge is 0.305 e. The second-order valence-corrected chi connectivity index (χ2v) is 8.29. The highest BCUT2D eigenvalue weighted by Crippen LogP contribution is 2.34. The van der Waals surface area contributed by atoms with Gasteiger partial charge in [0.2, 0.25) is 0 Å². The zero-order valence-electron chi connectivity index (χ0n) is 17.2. The maximum absolute atomic E-state index is 13.2. The van der Waals surface area contributed by atoms with Gasteiger partial charge in [0.05, 0.1) is 0 Å². The Labute approximate surface area is 176 Å². The third kappa shape index (κ3) is 2.91. The van der Waals surface area contributed by atoms with E-state index in [1.807, 2.05) is 46.2 Å². The van der Waals surface area contributed by atoms with Crippen molar-refractivity contribution < 1.29 is 9.59 Å². The van der Waals surface area contributed by atoms with Crippen molar-refractivity contribution in [3.05, 3.63) is 95.1 Å². The Morgan fingerprint density at radius 3 is 1.40 bits per heavy atom. The lowest BCUT2D eigenvalue weighted by molar-refractivity contribution is 0.0970. The minimum Gasteiger partial charge on any atom is -0.305 e. The molecule has 2 heterocycles. The van der Waals surface area contributed by atoms with Crippen LogP contribution in [0.2, 0.25) is 0 Å². The molecule has 2 unspecified atom stereocenters. The molecule has 150 valence electrons. The molecule has 5 rings (SSSR count). The maximum atomic E-state index is 13.2. The van der Waals surface area contributed by atoms with Crippen molar-refractivity contribution in [3.63, 3.8) is 0 Å². The van der Waals surface area contributed by atoms with E-state index in [1.54, 1.807) is 24.3 Å². The highest BCUT2D eigenvalue weighted by atomic mass is 16.2. The van der Waals surface area contributed by atoms with E-state index in [9.17, 15) is 9.59 Å². The van der Waals surface area contributed by atoms with Crippen molar-refractivity contribution in [2.24, 2.45) is 0 Å². The Kier molecular flexibility index (Phi) is 4.43. The molecule has 0 radical (unpaired) electrons. The summed E-state index contributed by atoms with van der Waals surface area (Å²) in [5, 5.41) is 0. The van der Waals surface area contributed by atoms with Crippen molar-refractivity contribution in [3.8, 4) is 0 Å². The number of nitrogens with zero attached hydrogens (tertiary/aromatic N) is 2. The van der Waals surface area contributed by atoms with E-state index in [0.717, 1.165) is 24.2 Å². The van der Waals surface area contributed by atoms with E-state index in [1.165, 1.54) is 11.1 Å². The van der Waals surface area contributed by atoms with Crippen molar-refractivity contribution in [1.29, 1.82) is 0 Å². The number of para-hydroxylation sites is 2. The fourth-order valence-electron chi connectivity index (χ4n) is 4.78. The van der Waals surface area contributed by atoms with Crippen LogP contribution in [0.1, 0.15) is 45.7 Å². The summed E-state index contributed by atoms with van der Waals surface area (Å²) in [6, 6.07) is 23.5. The summed E-state index contributed by atoms with van der Waals surface area (Å²) >= 11 is 0. The maximum Gasteiger partial charge on any atom is 0.258 e. The lowest BCUT2D eigenvalue weighted by atomic mass is 10.1. The second-order valence-electron chi connectivity index (χ2n) is 8.29. The second kappa shape index (κ2) is 7.13. The molecule has 0 saturated carbocycles. The number of rotatable bonds is 2. The van der Waals surface area contributed by atoms with Gasteiger partial charge >= 0.3 is 0 Å². The van der Waals surface area contributed by atoms with Gasteiger partial charge in [-0.15, -0.1) is 0 Å². The van der Waals surface area contributed by atoms with Crippen molar-refractivity contribution >= 4 is 23.2 Å². The Morgan fingerprint density at radius 1 is 0.633 bits per heavy atom. The van der Waals surface area contributed by atoms with E-state index in [0.29, 0.717) is 11.1 Å². The standard InChI is InChI=1S/C26H24N2O2/c1-17-15-21-7-3-5-9-23(21)27(17)25(29)19-11-13-20(14-12-19)26(30)28-18(2)16-22-8-4-6-10-24(22)28/h3-14,17-18H,15-16H2,1-2H3. The molecule has 4 heteroatoms. The monoisotopic (exact) mass is 396 g/mol. The highest BCUT2D eigenvalue weighted by molar-refractivity contribution is 6.10. The van der Waals surface area contributed by atoms with Crippen molar-refractivity contribution in [2.45, 2.75) is 38.8 Å². The third-order valence-corrected chi connectivity index (χ3v) is 6.23. The Bertz CT molecular complexity index is 1050. The molecule has 2 amide bonds. The van der Waals surface area contributed by atoms with Crippen LogP contribution in [-0.2, 0) is 12.8 Å². The number of hydrogen-bond donors (Lipinski definition) is 0. The van der Waals surface area contributed by atoms with Gasteiger partial charge in [-0.25, -0.2) is 0 Å². The summed E-state index contributed by atoms with van der Waals surface area (Å²) in [6.07, 6.45) is 1.73. The molecule has 3 aromatic carbocycles. The molecule has 2 aliphatic rings. The molecule has 3 aromatic rings. The molecule has 30 heavy (non-hydrogen) atoms. The van der Waals surface area contributed by atoms with Gasteiger partial charge in [-0.3, -0.25) is 9.59 Å². The molecule has 0 saturated heterocycles. The van der Waals surface area contributed by atoms with Crippen LogP contribution < -0.4 is 9.80 Å². The van der Waals surface area contributed by atoms with Crippen LogP contribution in [0.25, 0.3) is 0 Å². The quantitative estimate of drug-likeness (QED) is 0.620. The summed E-state index contributed by atoms with van der Waals surface area (Å²) in [5.74, 6) is -0.0438. The van der Waals surface area contributed by atoms with Crippen LogP contribution in [0, 0.1) is 0 Å². The first-order valence-electron chi connectivity index (χ1n) is 10.5. The topological polar surface area (TPSA) is 40.6 Å². The van der Waals surface area contributed by atoms with Crippen molar-refractivity contribution in [2.75, 3.05) is 9.80 Å². The van der Waals surface area contributed by atoms with E-state index < -0.39 is 0 Å². The number of carbonyl (C=O) groups is 2. The van der Waals surface area contributed by atoms with Gasteiger partial charge in [-0.2, -0.15) is 0 Å². The summed E-state index contributed by atoms with van der Waals surface area (Å²) < 4.78 is 0. The van der Waals surface area contributed by atoms with Gasteiger partial charge in [0.1, 0.15) is 0 Å². The summed E-state index contributed by atoms with van der Waals surface area (Å²) in [6.45, 7) is 4.14. The lowest BCUT2D eigenvalue weighted by Crippen LogP contribution is -2.36. The van der Waals surface area contributed by atoms with Gasteiger partial charge in [0.25, 0.3) is 11.8 Å². The van der Waals surface area contributed by atoms with E-state index in [4.69, 9.17) is 0 Å². The van der Waals surface area contributed by atoms with Crippen LogP contribution in [0.5, 0.6) is 0 Å². The first-order valence-corrected chi connectivity index (χ1v) is 10.5. The smallest absolute Gasteiger partial charge is 0.258 e. The molecule has 0 fully saturated rings. The zero-order chi connectivity index (χ0) is 20.8. The third-order valence-electron chi connectivity index (χ3n) is 6.23. The Morgan fingerprint density at radius 2 is 1.00 bits per heavy atom. The number of carbonyl (C=O) groups excluding carboxylic acids is 2. The zero-order valence-corrected chi connectivity index (χ0v) is 17.2. The number of amides is 2. The van der Waals surface area contributed by atoms with Crippen LogP contribution in [-0.4, -0.2) is 23.9 Å². The van der Waals surface area contributed by atoms with E-state index >= 15 is 0 Å². The Balaban J connectivity index is 1.40. The molecule has 0 aromatic heterocycles. The number of benzene rings is 3. The molecule has 0 N–H and O–H groups in total. The van der Waals surface area contributed by atoms with Crippen LogP contribution >= 0.6 is 0 Å². The average molecular weight is 396 g/mol. The van der Waals surface area contributed by atoms with Crippen molar-refractivity contribution in [1.82, 2.24) is 0 Å². The van der Waals surface area contributed by atoms with Gasteiger partial charge in [-0.1, -0.05) is 36.4 Å². The number of hydrogen-bond acceptors (Lipinski definition) is 2. The SMILES string of the molecule is CC1Cc2ccccc2N1C(=O)c1ccc(C(=O)N2c3ccccc3CC2C)cc1. The van der Waals surface area contributed by atoms with Crippen LogP contribution in [0.3, 0.4) is 0 Å². The van der Waals surface area contributed by atoms with Gasteiger partial charge < -0.3 is 9.80 Å². The predicted molar refractivity (Wildman–Crippen MR) is 119 cm³/mol. The van der Waals surface area contributed by atoms with Gasteiger partial charge in [-0.05, 0) is 74.2 Å². The average Bonchev–Trinajstić information content (AvgIpc) is 3.28.